The molecule has 0 radical (unpaired) electrons. The lowest BCUT2D eigenvalue weighted by molar-refractivity contribution is -0.121. The Morgan fingerprint density at radius 2 is 1.91 bits per heavy atom. The Kier molecular flexibility index (Phi) is 9.14. The van der Waals surface area contributed by atoms with Crippen LogP contribution in [-0.2, 0) is 11.2 Å². The molecule has 0 aromatic heterocycles. The van der Waals surface area contributed by atoms with Crippen molar-refractivity contribution in [3.63, 3.8) is 0 Å². The molecule has 0 unspecified atom stereocenters. The van der Waals surface area contributed by atoms with Gasteiger partial charge in [0.15, 0.2) is 5.96 Å². The quantitative estimate of drug-likeness (QED) is 0.503. The van der Waals surface area contributed by atoms with Gasteiger partial charge in [-0.3, -0.25) is 9.79 Å². The number of halogens is 1. The molecule has 0 atom stereocenters. The van der Waals surface area contributed by atoms with E-state index in [-0.39, 0.29) is 11.9 Å². The topological polar surface area (TPSA) is 65.5 Å². The molecule has 0 fully saturated rings. The molecule has 23 heavy (non-hydrogen) atoms. The van der Waals surface area contributed by atoms with E-state index in [0.29, 0.717) is 13.0 Å². The van der Waals surface area contributed by atoms with Crippen LogP contribution in [0.3, 0.4) is 0 Å². The van der Waals surface area contributed by atoms with Gasteiger partial charge in [-0.2, -0.15) is 0 Å². The molecule has 3 N–H and O–H groups in total. The summed E-state index contributed by atoms with van der Waals surface area (Å²) < 4.78 is 0. The Bertz CT molecular complexity index is 500. The predicted molar refractivity (Wildman–Crippen MR) is 97.0 cm³/mol. The highest BCUT2D eigenvalue weighted by Crippen LogP contribution is 2.09. The van der Waals surface area contributed by atoms with Crippen molar-refractivity contribution in [2.45, 2.75) is 39.7 Å². The highest BCUT2D eigenvalue weighted by Gasteiger charge is 2.03. The third kappa shape index (κ3) is 9.08. The summed E-state index contributed by atoms with van der Waals surface area (Å²) in [6, 6.07) is 7.99. The van der Waals surface area contributed by atoms with E-state index >= 15 is 0 Å². The van der Waals surface area contributed by atoms with Crippen LogP contribution >= 0.6 is 11.6 Å². The van der Waals surface area contributed by atoms with Crippen LogP contribution in [0, 0.1) is 0 Å². The maximum Gasteiger partial charge on any atom is 0.222 e. The number of carbonyl (C=O) groups excluding carboxylic acids is 1. The highest BCUT2D eigenvalue weighted by atomic mass is 35.5. The summed E-state index contributed by atoms with van der Waals surface area (Å²) in [5.74, 6) is 0.763. The third-order valence-electron chi connectivity index (χ3n) is 3.02. The Hall–Kier alpha value is -1.75. The Balaban J connectivity index is 2.36. The zero-order valence-electron chi connectivity index (χ0n) is 14.2. The molecule has 0 aliphatic rings. The van der Waals surface area contributed by atoms with Crippen molar-refractivity contribution < 1.29 is 4.79 Å². The summed E-state index contributed by atoms with van der Waals surface area (Å²) >= 11 is 5.87. The van der Waals surface area contributed by atoms with Gasteiger partial charge in [0.2, 0.25) is 5.91 Å². The van der Waals surface area contributed by atoms with E-state index in [4.69, 9.17) is 11.6 Å². The molecule has 1 amide bonds. The van der Waals surface area contributed by atoms with Crippen LogP contribution in [0.2, 0.25) is 5.02 Å². The van der Waals surface area contributed by atoms with E-state index in [1.807, 2.05) is 45.0 Å². The Morgan fingerprint density at radius 1 is 1.22 bits per heavy atom. The molecule has 1 rings (SSSR count). The van der Waals surface area contributed by atoms with Gasteiger partial charge >= 0.3 is 0 Å². The van der Waals surface area contributed by atoms with Crippen LogP contribution in [0.25, 0.3) is 0 Å². The van der Waals surface area contributed by atoms with E-state index in [1.165, 1.54) is 5.56 Å². The normalized spacial score (nSPS) is 11.4. The first kappa shape index (κ1) is 19.3. The lowest BCUT2D eigenvalue weighted by atomic mass is 10.1. The molecule has 0 bridgehead atoms. The predicted octanol–water partition coefficient (Wildman–Crippen LogP) is 2.35. The summed E-state index contributed by atoms with van der Waals surface area (Å²) in [4.78, 5) is 16.0. The van der Waals surface area contributed by atoms with Gasteiger partial charge in [-0.15, -0.1) is 0 Å². The van der Waals surface area contributed by atoms with E-state index in [2.05, 4.69) is 20.9 Å². The Labute approximate surface area is 143 Å². The van der Waals surface area contributed by atoms with Gasteiger partial charge in [0, 0.05) is 30.6 Å². The largest absolute Gasteiger partial charge is 0.357 e. The van der Waals surface area contributed by atoms with Gasteiger partial charge in [-0.05, 0) is 44.9 Å². The fourth-order valence-corrected chi connectivity index (χ4v) is 2.11. The molecule has 0 saturated heterocycles. The molecule has 1 aromatic rings. The number of guanidine groups is 1. The van der Waals surface area contributed by atoms with Gasteiger partial charge in [0.1, 0.15) is 0 Å². The number of hydrogen-bond donors (Lipinski definition) is 3. The van der Waals surface area contributed by atoms with Gasteiger partial charge in [0.25, 0.3) is 0 Å². The van der Waals surface area contributed by atoms with Crippen molar-refractivity contribution in [2.75, 3.05) is 19.6 Å². The third-order valence-corrected chi connectivity index (χ3v) is 3.27. The second-order valence-corrected chi connectivity index (χ2v) is 5.97. The molecule has 0 heterocycles. The zero-order valence-corrected chi connectivity index (χ0v) is 14.9. The number of amides is 1. The number of benzene rings is 1. The average molecular weight is 339 g/mol. The standard InChI is InChI=1S/C17H27ClN4O/c1-4-19-17(21-12-10-16(23)22-13(2)3)20-11-9-14-5-7-15(18)8-6-14/h5-8,13H,4,9-12H2,1-3H3,(H,22,23)(H2,19,20,21). The minimum absolute atomic E-state index is 0.0285. The molecular formula is C17H27ClN4O. The maximum atomic E-state index is 11.6. The smallest absolute Gasteiger partial charge is 0.222 e. The monoisotopic (exact) mass is 338 g/mol. The first-order chi connectivity index (χ1) is 11.0. The number of carbonyl (C=O) groups is 1. The van der Waals surface area contributed by atoms with Crippen LogP contribution in [0.1, 0.15) is 32.8 Å². The van der Waals surface area contributed by atoms with Gasteiger partial charge in [-0.25, -0.2) is 0 Å². The summed E-state index contributed by atoms with van der Waals surface area (Å²) in [6.45, 7) is 7.93. The van der Waals surface area contributed by atoms with Crippen molar-refractivity contribution in [1.82, 2.24) is 16.0 Å². The first-order valence-electron chi connectivity index (χ1n) is 8.07. The van der Waals surface area contributed by atoms with Crippen molar-refractivity contribution in [2.24, 2.45) is 4.99 Å². The molecule has 0 spiro atoms. The molecular weight excluding hydrogens is 312 g/mol. The lowest BCUT2D eigenvalue weighted by Gasteiger charge is -2.12. The summed E-state index contributed by atoms with van der Waals surface area (Å²) in [5, 5.41) is 10.1. The summed E-state index contributed by atoms with van der Waals surface area (Å²) in [6.07, 6.45) is 1.28. The average Bonchev–Trinajstić information content (AvgIpc) is 2.48. The molecule has 0 saturated carbocycles. The fourth-order valence-electron chi connectivity index (χ4n) is 1.98. The van der Waals surface area contributed by atoms with E-state index in [0.717, 1.165) is 30.5 Å². The second-order valence-electron chi connectivity index (χ2n) is 5.54. The van der Waals surface area contributed by atoms with E-state index in [9.17, 15) is 4.79 Å². The molecule has 5 nitrogen and oxygen atoms in total. The van der Waals surface area contributed by atoms with Crippen LogP contribution in [0.4, 0.5) is 0 Å². The first-order valence-corrected chi connectivity index (χ1v) is 8.45. The molecule has 0 aliphatic heterocycles. The molecule has 6 heteroatoms. The number of rotatable bonds is 8. The van der Waals surface area contributed by atoms with Gasteiger partial charge in [-0.1, -0.05) is 23.7 Å². The van der Waals surface area contributed by atoms with Crippen molar-refractivity contribution in [3.05, 3.63) is 34.9 Å². The summed E-state index contributed by atoms with van der Waals surface area (Å²) in [5.41, 5.74) is 1.22. The SMILES string of the molecule is CCNC(=NCCC(=O)NC(C)C)NCCc1ccc(Cl)cc1. The van der Waals surface area contributed by atoms with Crippen molar-refractivity contribution in [3.8, 4) is 0 Å². The van der Waals surface area contributed by atoms with Crippen molar-refractivity contribution in [1.29, 1.82) is 0 Å². The number of nitrogens with one attached hydrogen (secondary N) is 3. The maximum absolute atomic E-state index is 11.6. The van der Waals surface area contributed by atoms with Gasteiger partial charge in [0.05, 0.1) is 6.54 Å². The zero-order chi connectivity index (χ0) is 17.1. The molecule has 128 valence electrons. The lowest BCUT2D eigenvalue weighted by Crippen LogP contribution is -2.38. The number of nitrogens with zero attached hydrogens (tertiary/aromatic N) is 1. The van der Waals surface area contributed by atoms with Crippen LogP contribution < -0.4 is 16.0 Å². The number of hydrogen-bond acceptors (Lipinski definition) is 2. The summed E-state index contributed by atoms with van der Waals surface area (Å²) in [7, 11) is 0. The van der Waals surface area contributed by atoms with Crippen LogP contribution in [-0.4, -0.2) is 37.5 Å². The van der Waals surface area contributed by atoms with E-state index < -0.39 is 0 Å². The Morgan fingerprint density at radius 3 is 2.52 bits per heavy atom. The van der Waals surface area contributed by atoms with Crippen LogP contribution in [0.5, 0.6) is 0 Å². The van der Waals surface area contributed by atoms with E-state index in [1.54, 1.807) is 0 Å². The fraction of sp³-hybridized carbons (Fsp3) is 0.529. The molecule has 1 aromatic carbocycles. The minimum Gasteiger partial charge on any atom is -0.357 e. The highest BCUT2D eigenvalue weighted by molar-refractivity contribution is 6.30. The molecule has 0 aliphatic carbocycles. The van der Waals surface area contributed by atoms with Crippen LogP contribution in [0.15, 0.2) is 29.3 Å². The van der Waals surface area contributed by atoms with Gasteiger partial charge < -0.3 is 16.0 Å². The second kappa shape index (κ2) is 10.9. The number of aliphatic imine (C=N–C) groups is 1. The minimum atomic E-state index is 0.0285. The van der Waals surface area contributed by atoms with Crippen molar-refractivity contribution >= 4 is 23.5 Å².